The van der Waals surface area contributed by atoms with Crippen LogP contribution in [0.2, 0.25) is 0 Å². The van der Waals surface area contributed by atoms with E-state index in [4.69, 9.17) is 14.2 Å². The molecule has 0 amide bonds. The molecule has 6 nitrogen and oxygen atoms in total. The maximum atomic E-state index is 12.8. The maximum absolute atomic E-state index is 12.8. The summed E-state index contributed by atoms with van der Waals surface area (Å²) in [6.07, 6.45) is 74.2. The van der Waals surface area contributed by atoms with Crippen LogP contribution in [-0.4, -0.2) is 37.2 Å². The van der Waals surface area contributed by atoms with Gasteiger partial charge in [0.15, 0.2) is 6.10 Å². The maximum Gasteiger partial charge on any atom is 0.306 e. The fraction of sp³-hybridized carbons (Fsp3) is 0.831. The number of carbonyl (C=O) groups is 3. The van der Waals surface area contributed by atoms with Crippen molar-refractivity contribution in [2.75, 3.05) is 13.2 Å². The third kappa shape index (κ3) is 58.1. The monoisotopic (exact) mass is 995 g/mol. The molecule has 0 saturated heterocycles. The predicted octanol–water partition coefficient (Wildman–Crippen LogP) is 21.0. The SMILES string of the molecule is CCCCCCC/C=C\C/C=C\C/C=C\CCCCCCCCCCCCC(=O)OCC(COC(=O)CCCCCCCCC)OC(=O)CCCCCCCCCCC/C=C\CCCCCCCCCC. The molecule has 414 valence electrons. The summed E-state index contributed by atoms with van der Waals surface area (Å²) in [6.45, 7) is 6.62. The quantitative estimate of drug-likeness (QED) is 0.0261. The van der Waals surface area contributed by atoms with Crippen LogP contribution in [0.4, 0.5) is 0 Å². The van der Waals surface area contributed by atoms with Gasteiger partial charge < -0.3 is 14.2 Å². The number of ether oxygens (including phenoxy) is 3. The number of carbonyl (C=O) groups excluding carboxylic acids is 3. The van der Waals surface area contributed by atoms with Crippen LogP contribution in [0.5, 0.6) is 0 Å². The predicted molar refractivity (Wildman–Crippen MR) is 307 cm³/mol. The van der Waals surface area contributed by atoms with Gasteiger partial charge in [-0.15, -0.1) is 0 Å². The highest BCUT2D eigenvalue weighted by Crippen LogP contribution is 2.16. The molecule has 0 radical (unpaired) electrons. The smallest absolute Gasteiger partial charge is 0.306 e. The van der Waals surface area contributed by atoms with E-state index in [1.165, 1.54) is 218 Å². The zero-order chi connectivity index (χ0) is 51.4. The minimum absolute atomic E-state index is 0.0728. The summed E-state index contributed by atoms with van der Waals surface area (Å²) in [5, 5.41) is 0. The lowest BCUT2D eigenvalue weighted by Crippen LogP contribution is -2.30. The Hall–Kier alpha value is -2.63. The molecular formula is C65H118O6. The second-order valence-corrected chi connectivity index (χ2v) is 21.0. The van der Waals surface area contributed by atoms with E-state index in [1.807, 2.05) is 0 Å². The molecule has 0 fully saturated rings. The number of esters is 3. The van der Waals surface area contributed by atoms with E-state index in [-0.39, 0.29) is 31.1 Å². The number of allylic oxidation sites excluding steroid dienone is 8. The summed E-state index contributed by atoms with van der Waals surface area (Å²) in [6, 6.07) is 0. The van der Waals surface area contributed by atoms with E-state index in [9.17, 15) is 14.4 Å². The first-order chi connectivity index (χ1) is 35.0. The van der Waals surface area contributed by atoms with Crippen molar-refractivity contribution in [2.24, 2.45) is 0 Å². The van der Waals surface area contributed by atoms with Gasteiger partial charge in [0, 0.05) is 19.3 Å². The summed E-state index contributed by atoms with van der Waals surface area (Å²) in [7, 11) is 0. The van der Waals surface area contributed by atoms with Gasteiger partial charge in [0.25, 0.3) is 0 Å². The number of unbranched alkanes of at least 4 members (excludes halogenated alkanes) is 38. The van der Waals surface area contributed by atoms with Gasteiger partial charge in [-0.25, -0.2) is 0 Å². The lowest BCUT2D eigenvalue weighted by Gasteiger charge is -2.18. The van der Waals surface area contributed by atoms with E-state index in [0.29, 0.717) is 19.3 Å². The van der Waals surface area contributed by atoms with Crippen LogP contribution in [0.1, 0.15) is 329 Å². The Bertz CT molecular complexity index is 1230. The summed E-state index contributed by atoms with van der Waals surface area (Å²) in [4.78, 5) is 38.0. The molecule has 1 atom stereocenters. The molecule has 0 aliphatic heterocycles. The molecule has 0 aromatic heterocycles. The van der Waals surface area contributed by atoms with Gasteiger partial charge in [-0.2, -0.15) is 0 Å². The summed E-state index contributed by atoms with van der Waals surface area (Å²) in [5.74, 6) is -0.870. The van der Waals surface area contributed by atoms with E-state index >= 15 is 0 Å². The van der Waals surface area contributed by atoms with Crippen molar-refractivity contribution in [3.05, 3.63) is 48.6 Å². The van der Waals surface area contributed by atoms with Crippen molar-refractivity contribution in [1.82, 2.24) is 0 Å². The Balaban J connectivity index is 4.14. The average molecular weight is 996 g/mol. The zero-order valence-electron chi connectivity index (χ0n) is 47.5. The van der Waals surface area contributed by atoms with Gasteiger partial charge in [0.05, 0.1) is 0 Å². The van der Waals surface area contributed by atoms with Crippen molar-refractivity contribution in [1.29, 1.82) is 0 Å². The normalized spacial score (nSPS) is 12.3. The molecule has 0 N–H and O–H groups in total. The Kier molecular flexibility index (Phi) is 57.7. The van der Waals surface area contributed by atoms with Crippen molar-refractivity contribution in [3.8, 4) is 0 Å². The number of rotatable bonds is 57. The highest BCUT2D eigenvalue weighted by molar-refractivity contribution is 5.71. The second kappa shape index (κ2) is 59.9. The van der Waals surface area contributed by atoms with Crippen molar-refractivity contribution >= 4 is 17.9 Å². The lowest BCUT2D eigenvalue weighted by atomic mass is 10.0. The summed E-state index contributed by atoms with van der Waals surface area (Å²) < 4.78 is 16.8. The molecular weight excluding hydrogens is 877 g/mol. The first-order valence-electron chi connectivity index (χ1n) is 31.1. The molecule has 0 heterocycles. The topological polar surface area (TPSA) is 78.9 Å². The highest BCUT2D eigenvalue weighted by atomic mass is 16.6. The van der Waals surface area contributed by atoms with Crippen LogP contribution in [0.3, 0.4) is 0 Å². The van der Waals surface area contributed by atoms with Crippen LogP contribution < -0.4 is 0 Å². The Morgan fingerprint density at radius 2 is 0.507 bits per heavy atom. The van der Waals surface area contributed by atoms with Gasteiger partial charge in [0.1, 0.15) is 13.2 Å². The summed E-state index contributed by atoms with van der Waals surface area (Å²) >= 11 is 0. The van der Waals surface area contributed by atoms with Gasteiger partial charge in [-0.1, -0.05) is 275 Å². The highest BCUT2D eigenvalue weighted by Gasteiger charge is 2.19. The van der Waals surface area contributed by atoms with E-state index < -0.39 is 6.10 Å². The molecule has 0 aliphatic rings. The third-order valence-corrected chi connectivity index (χ3v) is 13.8. The van der Waals surface area contributed by atoms with Gasteiger partial charge in [-0.05, 0) is 83.5 Å². The molecule has 71 heavy (non-hydrogen) atoms. The molecule has 0 rings (SSSR count). The van der Waals surface area contributed by atoms with E-state index in [2.05, 4.69) is 69.4 Å². The molecule has 6 heteroatoms. The summed E-state index contributed by atoms with van der Waals surface area (Å²) in [5.41, 5.74) is 0. The molecule has 0 spiro atoms. The molecule has 1 unspecified atom stereocenters. The first-order valence-corrected chi connectivity index (χ1v) is 31.1. The van der Waals surface area contributed by atoms with E-state index in [0.717, 1.165) is 70.6 Å². The number of hydrogen-bond acceptors (Lipinski definition) is 6. The standard InChI is InChI=1S/C65H118O6/c1-4-7-10-13-16-18-20-22-24-26-28-30-31-32-33-35-36-38-40-42-44-46-49-52-55-58-64(67)70-61-62(60-69-63(66)57-54-51-48-15-12-9-6-3)71-65(68)59-56-53-50-47-45-43-41-39-37-34-29-27-25-23-21-19-17-14-11-8-5-2/h20,22,26-29,31-32,62H,4-19,21,23-25,30,33-61H2,1-3H3/b22-20-,28-26-,29-27-,32-31-. The molecule has 0 aromatic carbocycles. The average Bonchev–Trinajstić information content (AvgIpc) is 3.37. The Morgan fingerprint density at radius 1 is 0.282 bits per heavy atom. The fourth-order valence-corrected chi connectivity index (χ4v) is 9.09. The van der Waals surface area contributed by atoms with Crippen molar-refractivity contribution in [3.63, 3.8) is 0 Å². The Morgan fingerprint density at radius 3 is 0.803 bits per heavy atom. The van der Waals surface area contributed by atoms with Gasteiger partial charge in [-0.3, -0.25) is 14.4 Å². The van der Waals surface area contributed by atoms with Crippen molar-refractivity contribution < 1.29 is 28.6 Å². The molecule has 0 bridgehead atoms. The molecule has 0 aliphatic carbocycles. The minimum atomic E-state index is -0.772. The van der Waals surface area contributed by atoms with Crippen LogP contribution >= 0.6 is 0 Å². The van der Waals surface area contributed by atoms with Crippen LogP contribution in [0.25, 0.3) is 0 Å². The lowest BCUT2D eigenvalue weighted by molar-refractivity contribution is -0.167. The van der Waals surface area contributed by atoms with Crippen LogP contribution in [0, 0.1) is 0 Å². The minimum Gasteiger partial charge on any atom is -0.462 e. The first kappa shape index (κ1) is 68.4. The largest absolute Gasteiger partial charge is 0.462 e. The van der Waals surface area contributed by atoms with Crippen LogP contribution in [0.15, 0.2) is 48.6 Å². The fourth-order valence-electron chi connectivity index (χ4n) is 9.09. The van der Waals surface area contributed by atoms with E-state index in [1.54, 1.807) is 0 Å². The van der Waals surface area contributed by atoms with Crippen molar-refractivity contribution in [2.45, 2.75) is 335 Å². The Labute approximate surface area is 441 Å². The number of hydrogen-bond donors (Lipinski definition) is 0. The molecule has 0 aromatic rings. The second-order valence-electron chi connectivity index (χ2n) is 21.0. The van der Waals surface area contributed by atoms with Gasteiger partial charge >= 0.3 is 17.9 Å². The van der Waals surface area contributed by atoms with Gasteiger partial charge in [0.2, 0.25) is 0 Å². The van der Waals surface area contributed by atoms with Crippen LogP contribution in [-0.2, 0) is 28.6 Å². The molecule has 0 saturated carbocycles. The third-order valence-electron chi connectivity index (χ3n) is 13.8. The zero-order valence-corrected chi connectivity index (χ0v) is 47.5.